The number of carbonyl (C=O) groups excluding carboxylic acids is 1. The van der Waals surface area contributed by atoms with Gasteiger partial charge in [0.05, 0.1) is 5.92 Å². The van der Waals surface area contributed by atoms with E-state index in [1.54, 1.807) is 0 Å². The van der Waals surface area contributed by atoms with Gasteiger partial charge >= 0.3 is 5.97 Å². The maximum absolute atomic E-state index is 12.4. The minimum atomic E-state index is -1.04. The first-order valence-corrected chi connectivity index (χ1v) is 6.98. The molecule has 2 unspecified atom stereocenters. The van der Waals surface area contributed by atoms with Crippen LogP contribution in [-0.2, 0) is 14.3 Å². The Labute approximate surface area is 123 Å². The molecule has 0 aromatic heterocycles. The van der Waals surface area contributed by atoms with Crippen LogP contribution in [0.4, 0.5) is 5.69 Å². The Morgan fingerprint density at radius 1 is 1.48 bits per heavy atom. The molecule has 1 aromatic carbocycles. The van der Waals surface area contributed by atoms with E-state index in [9.17, 15) is 9.59 Å². The van der Waals surface area contributed by atoms with E-state index in [1.807, 2.05) is 24.3 Å². The summed E-state index contributed by atoms with van der Waals surface area (Å²) in [6.07, 6.45) is 0.906. The highest BCUT2D eigenvalue weighted by molar-refractivity contribution is 5.89. The number of hydrogen-bond donors (Lipinski definition) is 3. The molecule has 0 fully saturated rings. The summed E-state index contributed by atoms with van der Waals surface area (Å²) in [6.45, 7) is 0.991. The molecule has 21 heavy (non-hydrogen) atoms. The van der Waals surface area contributed by atoms with E-state index in [-0.39, 0.29) is 18.2 Å². The third-order valence-electron chi connectivity index (χ3n) is 3.63. The standard InChI is InChI=1S/C15H20N2O4/c1-21-9-7-13(15(19)20)17-14(18)11-6-8-16-12-5-3-2-4-10(11)12/h2-5,11,13,16H,6-9H2,1H3,(H,17,18)(H,19,20). The lowest BCUT2D eigenvalue weighted by Gasteiger charge is -2.27. The molecule has 1 aliphatic rings. The van der Waals surface area contributed by atoms with Gasteiger partial charge in [-0.25, -0.2) is 4.79 Å². The van der Waals surface area contributed by atoms with Crippen molar-refractivity contribution in [3.63, 3.8) is 0 Å². The van der Waals surface area contributed by atoms with Crippen molar-refractivity contribution in [3.8, 4) is 0 Å². The topological polar surface area (TPSA) is 87.7 Å². The minimum Gasteiger partial charge on any atom is -0.480 e. The Morgan fingerprint density at radius 2 is 2.24 bits per heavy atom. The van der Waals surface area contributed by atoms with E-state index < -0.39 is 12.0 Å². The SMILES string of the molecule is COCCC(NC(=O)C1CCNc2ccccc21)C(=O)O. The van der Waals surface area contributed by atoms with Gasteiger partial charge in [0, 0.05) is 32.4 Å². The zero-order valence-corrected chi connectivity index (χ0v) is 12.0. The van der Waals surface area contributed by atoms with Crippen LogP contribution in [0.5, 0.6) is 0 Å². The quantitative estimate of drug-likeness (QED) is 0.733. The zero-order chi connectivity index (χ0) is 15.2. The molecular formula is C15H20N2O4. The predicted molar refractivity (Wildman–Crippen MR) is 78.3 cm³/mol. The van der Waals surface area contributed by atoms with Crippen LogP contribution in [0.25, 0.3) is 0 Å². The number of anilines is 1. The van der Waals surface area contributed by atoms with Crippen LogP contribution in [0.1, 0.15) is 24.3 Å². The highest BCUT2D eigenvalue weighted by Gasteiger charge is 2.29. The monoisotopic (exact) mass is 292 g/mol. The Balaban J connectivity index is 2.08. The normalized spacial score (nSPS) is 18.2. The number of aliphatic carboxylic acids is 1. The average Bonchev–Trinajstić information content (AvgIpc) is 2.50. The van der Waals surface area contributed by atoms with E-state index >= 15 is 0 Å². The Kier molecular flexibility index (Phi) is 5.16. The van der Waals surface area contributed by atoms with Gasteiger partial charge < -0.3 is 20.5 Å². The van der Waals surface area contributed by atoms with Crippen molar-refractivity contribution in [2.75, 3.05) is 25.6 Å². The van der Waals surface area contributed by atoms with Gasteiger partial charge in [-0.05, 0) is 18.1 Å². The Bertz CT molecular complexity index is 518. The summed E-state index contributed by atoms with van der Waals surface area (Å²) < 4.78 is 4.88. The molecular weight excluding hydrogens is 272 g/mol. The van der Waals surface area contributed by atoms with Crippen LogP contribution >= 0.6 is 0 Å². The van der Waals surface area contributed by atoms with Gasteiger partial charge in [0.15, 0.2) is 0 Å². The van der Waals surface area contributed by atoms with Crippen molar-refractivity contribution < 1.29 is 19.4 Å². The number of methoxy groups -OCH3 is 1. The summed E-state index contributed by atoms with van der Waals surface area (Å²) in [5.74, 6) is -1.60. The first kappa shape index (κ1) is 15.3. The third-order valence-corrected chi connectivity index (χ3v) is 3.63. The maximum Gasteiger partial charge on any atom is 0.326 e. The fraction of sp³-hybridized carbons (Fsp3) is 0.467. The lowest BCUT2D eigenvalue weighted by Crippen LogP contribution is -2.44. The van der Waals surface area contributed by atoms with Crippen molar-refractivity contribution >= 4 is 17.6 Å². The lowest BCUT2D eigenvalue weighted by molar-refractivity contribution is -0.142. The number of nitrogens with one attached hydrogen (secondary N) is 2. The lowest BCUT2D eigenvalue weighted by atomic mass is 9.90. The van der Waals surface area contributed by atoms with Gasteiger partial charge in [0.2, 0.25) is 5.91 Å². The van der Waals surface area contributed by atoms with Crippen molar-refractivity contribution in [1.82, 2.24) is 5.32 Å². The van der Waals surface area contributed by atoms with Crippen molar-refractivity contribution in [1.29, 1.82) is 0 Å². The summed E-state index contributed by atoms with van der Waals surface area (Å²) >= 11 is 0. The number of carbonyl (C=O) groups is 2. The molecule has 1 amide bonds. The van der Waals surface area contributed by atoms with Gasteiger partial charge in [0.25, 0.3) is 0 Å². The van der Waals surface area contributed by atoms with Crippen molar-refractivity contribution in [2.24, 2.45) is 0 Å². The first-order chi connectivity index (χ1) is 10.1. The molecule has 1 aliphatic heterocycles. The van der Waals surface area contributed by atoms with E-state index in [2.05, 4.69) is 10.6 Å². The first-order valence-electron chi connectivity index (χ1n) is 6.98. The van der Waals surface area contributed by atoms with E-state index in [0.717, 1.165) is 11.3 Å². The van der Waals surface area contributed by atoms with Gasteiger partial charge in [-0.2, -0.15) is 0 Å². The molecule has 1 heterocycles. The predicted octanol–water partition coefficient (Wildman–Crippen LogP) is 1.19. The van der Waals surface area contributed by atoms with E-state index in [0.29, 0.717) is 19.6 Å². The van der Waals surface area contributed by atoms with Crippen LogP contribution in [0.2, 0.25) is 0 Å². The van der Waals surface area contributed by atoms with Gasteiger partial charge in [-0.15, -0.1) is 0 Å². The summed E-state index contributed by atoms with van der Waals surface area (Å²) in [5, 5.41) is 15.0. The summed E-state index contributed by atoms with van der Waals surface area (Å²) in [7, 11) is 1.50. The second-order valence-corrected chi connectivity index (χ2v) is 5.04. The Hall–Kier alpha value is -2.08. The Morgan fingerprint density at radius 3 is 2.95 bits per heavy atom. The number of carboxylic acids is 1. The summed E-state index contributed by atoms with van der Waals surface area (Å²) in [5.41, 5.74) is 1.85. The molecule has 0 bridgehead atoms. The van der Waals surface area contributed by atoms with E-state index in [1.165, 1.54) is 7.11 Å². The molecule has 0 spiro atoms. The molecule has 0 saturated carbocycles. The summed E-state index contributed by atoms with van der Waals surface area (Å²) in [6, 6.07) is 6.70. The zero-order valence-electron chi connectivity index (χ0n) is 12.0. The number of amides is 1. The highest BCUT2D eigenvalue weighted by Crippen LogP contribution is 2.31. The van der Waals surface area contributed by atoms with Crippen LogP contribution in [-0.4, -0.2) is 43.3 Å². The number of carboxylic acid groups (broad SMARTS) is 1. The van der Waals surface area contributed by atoms with E-state index in [4.69, 9.17) is 9.84 Å². The van der Waals surface area contributed by atoms with Crippen LogP contribution < -0.4 is 10.6 Å². The number of hydrogen-bond acceptors (Lipinski definition) is 4. The molecule has 2 atom stereocenters. The number of ether oxygens (including phenoxy) is 1. The maximum atomic E-state index is 12.4. The molecule has 6 heteroatoms. The summed E-state index contributed by atoms with van der Waals surface area (Å²) in [4.78, 5) is 23.6. The molecule has 114 valence electrons. The second-order valence-electron chi connectivity index (χ2n) is 5.04. The molecule has 2 rings (SSSR count). The third kappa shape index (κ3) is 3.72. The number of rotatable bonds is 6. The molecule has 0 radical (unpaired) electrons. The smallest absolute Gasteiger partial charge is 0.326 e. The number of fused-ring (bicyclic) bond motifs is 1. The number of para-hydroxylation sites is 1. The highest BCUT2D eigenvalue weighted by atomic mass is 16.5. The molecule has 6 nitrogen and oxygen atoms in total. The fourth-order valence-electron chi connectivity index (χ4n) is 2.51. The van der Waals surface area contributed by atoms with Crippen LogP contribution in [0, 0.1) is 0 Å². The van der Waals surface area contributed by atoms with Gasteiger partial charge in [0.1, 0.15) is 6.04 Å². The second kappa shape index (κ2) is 7.08. The molecule has 3 N–H and O–H groups in total. The van der Waals surface area contributed by atoms with Gasteiger partial charge in [-0.1, -0.05) is 18.2 Å². The van der Waals surface area contributed by atoms with Crippen molar-refractivity contribution in [2.45, 2.75) is 24.8 Å². The molecule has 1 aromatic rings. The molecule has 0 saturated heterocycles. The minimum absolute atomic E-state index is 0.243. The van der Waals surface area contributed by atoms with Gasteiger partial charge in [-0.3, -0.25) is 4.79 Å². The number of benzene rings is 1. The largest absolute Gasteiger partial charge is 0.480 e. The molecule has 0 aliphatic carbocycles. The van der Waals surface area contributed by atoms with Crippen LogP contribution in [0.15, 0.2) is 24.3 Å². The fourth-order valence-corrected chi connectivity index (χ4v) is 2.51. The van der Waals surface area contributed by atoms with Crippen LogP contribution in [0.3, 0.4) is 0 Å². The van der Waals surface area contributed by atoms with Crippen molar-refractivity contribution in [3.05, 3.63) is 29.8 Å². The average molecular weight is 292 g/mol.